The molecule has 1 aromatic carbocycles. The first-order valence-corrected chi connectivity index (χ1v) is 4.56. The van der Waals surface area contributed by atoms with Crippen LogP contribution in [0.25, 0.3) is 0 Å². The molecule has 1 rings (SSSR count). The van der Waals surface area contributed by atoms with E-state index in [1.807, 2.05) is 0 Å². The molecule has 0 amide bonds. The topological polar surface area (TPSA) is 35.2 Å². The predicted octanol–water partition coefficient (Wildman–Crippen LogP) is 2.98. The molecule has 1 aromatic rings. The monoisotopic (exact) mass is 255 g/mol. The fourth-order valence-electron chi connectivity index (χ4n) is 1.33. The summed E-state index contributed by atoms with van der Waals surface area (Å²) in [6.45, 7) is 0. The summed E-state index contributed by atoms with van der Waals surface area (Å²) in [5.41, 5.74) is 3.19. The van der Waals surface area contributed by atoms with E-state index in [-0.39, 0.29) is 5.75 Å². The van der Waals surface area contributed by atoms with Gasteiger partial charge in [0.05, 0.1) is 18.7 Å². The van der Waals surface area contributed by atoms with Gasteiger partial charge in [-0.1, -0.05) is 6.07 Å². The summed E-state index contributed by atoms with van der Waals surface area (Å²) in [6.07, 6.45) is -7.82. The number of methoxy groups -OCH3 is 1. The van der Waals surface area contributed by atoms with Crippen LogP contribution in [0.15, 0.2) is 18.2 Å². The third-order valence-corrected chi connectivity index (χ3v) is 2.20. The lowest BCUT2D eigenvalue weighted by Gasteiger charge is -2.18. The number of rotatable bonds is 3. The lowest BCUT2D eigenvalue weighted by atomic mass is 10.0. The van der Waals surface area contributed by atoms with Crippen molar-refractivity contribution in [1.29, 1.82) is 0 Å². The minimum Gasteiger partial charge on any atom is -0.497 e. The quantitative estimate of drug-likeness (QED) is 0.843. The number of halogens is 5. The van der Waals surface area contributed by atoms with Gasteiger partial charge in [0.2, 0.25) is 0 Å². The maximum absolute atomic E-state index is 12.6. The van der Waals surface area contributed by atoms with Crippen molar-refractivity contribution in [3.05, 3.63) is 29.3 Å². The fourth-order valence-corrected chi connectivity index (χ4v) is 1.33. The van der Waals surface area contributed by atoms with Crippen LogP contribution in [-0.4, -0.2) is 13.5 Å². The molecule has 96 valence electrons. The normalized spacial score (nSPS) is 13.9. The molecule has 0 spiro atoms. The fraction of sp³-hybridized carbons (Fsp3) is 0.400. The third kappa shape index (κ3) is 3.06. The van der Waals surface area contributed by atoms with Gasteiger partial charge in [-0.2, -0.15) is 13.2 Å². The van der Waals surface area contributed by atoms with Gasteiger partial charge in [0, 0.05) is 0 Å². The van der Waals surface area contributed by atoms with Gasteiger partial charge in [-0.05, 0) is 17.7 Å². The van der Waals surface area contributed by atoms with Gasteiger partial charge in [-0.15, -0.1) is 0 Å². The summed E-state index contributed by atoms with van der Waals surface area (Å²) < 4.78 is 67.2. The van der Waals surface area contributed by atoms with E-state index in [9.17, 15) is 22.0 Å². The molecular formula is C10H10F5NO. The van der Waals surface area contributed by atoms with Gasteiger partial charge >= 0.3 is 6.18 Å². The van der Waals surface area contributed by atoms with Gasteiger partial charge < -0.3 is 10.5 Å². The zero-order valence-electron chi connectivity index (χ0n) is 8.76. The standard InChI is InChI=1S/C10H10F5NO/c1-17-5-2-3-6(8(16)9(11)12)7(4-5)10(13,14)15/h2-4,8-9H,16H2,1H3/t8-/m1/s1. The lowest BCUT2D eigenvalue weighted by Crippen LogP contribution is -2.23. The lowest BCUT2D eigenvalue weighted by molar-refractivity contribution is -0.138. The molecule has 0 aliphatic carbocycles. The van der Waals surface area contributed by atoms with Gasteiger partial charge in [0.15, 0.2) is 0 Å². The highest BCUT2D eigenvalue weighted by Gasteiger charge is 2.36. The smallest absolute Gasteiger partial charge is 0.416 e. The maximum Gasteiger partial charge on any atom is 0.416 e. The van der Waals surface area contributed by atoms with Crippen LogP contribution < -0.4 is 10.5 Å². The summed E-state index contributed by atoms with van der Waals surface area (Å²) in [6, 6.07) is 0.737. The highest BCUT2D eigenvalue weighted by Crippen LogP contribution is 2.37. The van der Waals surface area contributed by atoms with Crippen molar-refractivity contribution in [3.8, 4) is 5.75 Å². The number of ether oxygens (including phenoxy) is 1. The van der Waals surface area contributed by atoms with E-state index >= 15 is 0 Å². The van der Waals surface area contributed by atoms with E-state index in [1.54, 1.807) is 0 Å². The molecular weight excluding hydrogens is 245 g/mol. The molecule has 0 saturated heterocycles. The van der Waals surface area contributed by atoms with Crippen LogP contribution in [0, 0.1) is 0 Å². The van der Waals surface area contributed by atoms with Crippen molar-refractivity contribution in [3.63, 3.8) is 0 Å². The summed E-state index contributed by atoms with van der Waals surface area (Å²) >= 11 is 0. The first kappa shape index (κ1) is 13.7. The molecule has 17 heavy (non-hydrogen) atoms. The molecule has 2 N–H and O–H groups in total. The molecule has 1 atom stereocenters. The Morgan fingerprint density at radius 3 is 2.24 bits per heavy atom. The largest absolute Gasteiger partial charge is 0.497 e. The Morgan fingerprint density at radius 2 is 1.82 bits per heavy atom. The highest BCUT2D eigenvalue weighted by atomic mass is 19.4. The summed E-state index contributed by atoms with van der Waals surface area (Å²) in [4.78, 5) is 0. The molecule has 0 aromatic heterocycles. The van der Waals surface area contributed by atoms with Crippen LogP contribution in [0.3, 0.4) is 0 Å². The molecule has 7 heteroatoms. The molecule has 0 fully saturated rings. The number of alkyl halides is 5. The van der Waals surface area contributed by atoms with Gasteiger partial charge in [-0.3, -0.25) is 0 Å². The van der Waals surface area contributed by atoms with Crippen LogP contribution in [0.4, 0.5) is 22.0 Å². The van der Waals surface area contributed by atoms with Crippen LogP contribution in [0.1, 0.15) is 17.2 Å². The molecule has 0 bridgehead atoms. The second-order valence-electron chi connectivity index (χ2n) is 3.31. The number of nitrogens with two attached hydrogens (primary N) is 1. The van der Waals surface area contributed by atoms with Crippen molar-refractivity contribution in [2.24, 2.45) is 5.73 Å². The Kier molecular flexibility index (Phi) is 3.92. The molecule has 0 heterocycles. The Morgan fingerprint density at radius 1 is 1.24 bits per heavy atom. The second-order valence-corrected chi connectivity index (χ2v) is 3.31. The predicted molar refractivity (Wildman–Crippen MR) is 50.9 cm³/mol. The number of benzene rings is 1. The van der Waals surface area contributed by atoms with Crippen LogP contribution in [0.2, 0.25) is 0 Å². The van der Waals surface area contributed by atoms with Crippen LogP contribution in [0.5, 0.6) is 5.75 Å². The van der Waals surface area contributed by atoms with Crippen molar-refractivity contribution < 1.29 is 26.7 Å². The Balaban J connectivity index is 3.30. The minimum atomic E-state index is -4.75. The van der Waals surface area contributed by atoms with Gasteiger partial charge in [-0.25, -0.2) is 8.78 Å². The third-order valence-electron chi connectivity index (χ3n) is 2.20. The van der Waals surface area contributed by atoms with E-state index in [2.05, 4.69) is 4.74 Å². The summed E-state index contributed by atoms with van der Waals surface area (Å²) in [5.74, 6) is -0.0671. The van der Waals surface area contributed by atoms with Crippen molar-refractivity contribution >= 4 is 0 Å². The maximum atomic E-state index is 12.6. The summed E-state index contributed by atoms with van der Waals surface area (Å²) in [5, 5.41) is 0. The molecule has 2 nitrogen and oxygen atoms in total. The average Bonchev–Trinajstić information content (AvgIpc) is 2.26. The van der Waals surface area contributed by atoms with E-state index in [1.165, 1.54) is 7.11 Å². The molecule has 0 aliphatic heterocycles. The Hall–Kier alpha value is -1.37. The number of hydrogen-bond acceptors (Lipinski definition) is 2. The van der Waals surface area contributed by atoms with Crippen molar-refractivity contribution in [2.75, 3.05) is 7.11 Å². The Bertz CT molecular complexity index is 391. The number of hydrogen-bond donors (Lipinski definition) is 1. The zero-order chi connectivity index (χ0) is 13.2. The molecule has 0 saturated carbocycles. The van der Waals surface area contributed by atoms with E-state index in [0.29, 0.717) is 6.07 Å². The van der Waals surface area contributed by atoms with Crippen LogP contribution >= 0.6 is 0 Å². The van der Waals surface area contributed by atoms with E-state index in [0.717, 1.165) is 12.1 Å². The summed E-state index contributed by atoms with van der Waals surface area (Å²) in [7, 11) is 1.18. The van der Waals surface area contributed by atoms with Gasteiger partial charge in [0.1, 0.15) is 5.75 Å². The van der Waals surface area contributed by atoms with E-state index < -0.39 is 29.8 Å². The zero-order valence-corrected chi connectivity index (χ0v) is 8.76. The highest BCUT2D eigenvalue weighted by molar-refractivity contribution is 5.39. The molecule has 0 radical (unpaired) electrons. The van der Waals surface area contributed by atoms with Gasteiger partial charge in [0.25, 0.3) is 6.43 Å². The van der Waals surface area contributed by atoms with Crippen LogP contribution in [-0.2, 0) is 6.18 Å². The average molecular weight is 255 g/mol. The molecule has 0 unspecified atom stereocenters. The van der Waals surface area contributed by atoms with Crippen molar-refractivity contribution in [2.45, 2.75) is 18.6 Å². The Labute approximate surface area is 94.2 Å². The first-order chi connectivity index (χ1) is 7.77. The second kappa shape index (κ2) is 4.87. The first-order valence-electron chi connectivity index (χ1n) is 4.56. The SMILES string of the molecule is COc1ccc([C@@H](N)C(F)F)c(C(F)(F)F)c1. The minimum absolute atomic E-state index is 0.0671. The van der Waals surface area contributed by atoms with E-state index in [4.69, 9.17) is 5.73 Å². The van der Waals surface area contributed by atoms with Crippen molar-refractivity contribution in [1.82, 2.24) is 0 Å². The molecule has 0 aliphatic rings.